The normalized spacial score (nSPS) is 12.6. The van der Waals surface area contributed by atoms with E-state index in [2.05, 4.69) is 21.5 Å². The van der Waals surface area contributed by atoms with Crippen molar-refractivity contribution in [2.45, 2.75) is 18.0 Å². The van der Waals surface area contributed by atoms with E-state index < -0.39 is 0 Å². The molecule has 0 bridgehead atoms. The first-order valence-electron chi connectivity index (χ1n) is 8.96. The van der Waals surface area contributed by atoms with Gasteiger partial charge in [0.1, 0.15) is 25.9 Å². The molecule has 1 amide bonds. The van der Waals surface area contributed by atoms with Gasteiger partial charge < -0.3 is 14.8 Å². The zero-order valence-corrected chi connectivity index (χ0v) is 16.0. The number of carbonyl (C=O) groups is 1. The van der Waals surface area contributed by atoms with Gasteiger partial charge in [0, 0.05) is 11.4 Å². The lowest BCUT2D eigenvalue weighted by Crippen LogP contribution is -2.24. The fourth-order valence-corrected chi connectivity index (χ4v) is 3.61. The number of hydrogen-bond donors (Lipinski definition) is 1. The third-order valence-corrected chi connectivity index (χ3v) is 5.17. The van der Waals surface area contributed by atoms with Gasteiger partial charge in [-0.1, -0.05) is 24.3 Å². The van der Waals surface area contributed by atoms with Gasteiger partial charge in [-0.15, -0.1) is 11.8 Å². The maximum atomic E-state index is 12.2. The third kappa shape index (κ3) is 4.83. The Balaban J connectivity index is 1.26. The van der Waals surface area contributed by atoms with E-state index in [0.29, 0.717) is 32.1 Å². The highest BCUT2D eigenvalue weighted by Gasteiger charge is 2.12. The summed E-state index contributed by atoms with van der Waals surface area (Å²) in [6, 6.07) is 13.8. The minimum absolute atomic E-state index is 0.0124. The van der Waals surface area contributed by atoms with Crippen LogP contribution < -0.4 is 14.8 Å². The number of rotatable bonds is 7. The van der Waals surface area contributed by atoms with Crippen LogP contribution in [0, 0.1) is 0 Å². The summed E-state index contributed by atoms with van der Waals surface area (Å²) in [5.74, 6) is 1.83. The smallest absolute Gasteiger partial charge is 0.230 e. The first kappa shape index (κ1) is 18.4. The van der Waals surface area contributed by atoms with Gasteiger partial charge in [-0.05, 0) is 29.3 Å². The summed E-state index contributed by atoms with van der Waals surface area (Å²) in [6.07, 6.45) is 3.20. The van der Waals surface area contributed by atoms with Crippen molar-refractivity contribution in [3.63, 3.8) is 0 Å². The van der Waals surface area contributed by atoms with Gasteiger partial charge in [0.25, 0.3) is 0 Å². The number of thioether (sulfide) groups is 1. The number of aromatic nitrogens is 3. The SMILES string of the molecule is O=C(CSc1ccc2c(c1)OCCO2)NCc1cccc(Cn2cncn2)c1. The predicted octanol–water partition coefficient (Wildman–Crippen LogP) is 2.51. The van der Waals surface area contributed by atoms with Crippen molar-refractivity contribution in [2.75, 3.05) is 19.0 Å². The number of carbonyl (C=O) groups excluding carboxylic acids is 1. The molecule has 8 heteroatoms. The molecule has 2 aromatic carbocycles. The molecule has 2 heterocycles. The van der Waals surface area contributed by atoms with Crippen molar-refractivity contribution in [2.24, 2.45) is 0 Å². The average molecular weight is 396 g/mol. The summed E-state index contributed by atoms with van der Waals surface area (Å²) in [7, 11) is 0. The van der Waals surface area contributed by atoms with Crippen LogP contribution in [-0.4, -0.2) is 39.6 Å². The largest absolute Gasteiger partial charge is 0.486 e. The van der Waals surface area contributed by atoms with Crippen molar-refractivity contribution in [1.29, 1.82) is 0 Å². The Morgan fingerprint density at radius 1 is 1.11 bits per heavy atom. The second kappa shape index (κ2) is 8.79. The van der Waals surface area contributed by atoms with E-state index in [0.717, 1.165) is 27.5 Å². The first-order valence-corrected chi connectivity index (χ1v) is 9.94. The molecule has 3 aromatic rings. The Morgan fingerprint density at radius 2 is 1.96 bits per heavy atom. The van der Waals surface area contributed by atoms with Gasteiger partial charge in [-0.25, -0.2) is 9.67 Å². The Hall–Kier alpha value is -3.00. The number of fused-ring (bicyclic) bond motifs is 1. The Labute approximate surface area is 167 Å². The minimum Gasteiger partial charge on any atom is -0.486 e. The van der Waals surface area contributed by atoms with Gasteiger partial charge in [-0.2, -0.15) is 5.10 Å². The molecule has 0 fully saturated rings. The monoisotopic (exact) mass is 396 g/mol. The van der Waals surface area contributed by atoms with Crippen molar-refractivity contribution >= 4 is 17.7 Å². The van der Waals surface area contributed by atoms with Crippen molar-refractivity contribution in [3.05, 3.63) is 66.2 Å². The van der Waals surface area contributed by atoms with Crippen molar-refractivity contribution in [1.82, 2.24) is 20.1 Å². The first-order chi connectivity index (χ1) is 13.8. The molecule has 0 aliphatic carbocycles. The Kier molecular flexibility index (Phi) is 5.77. The molecule has 0 radical (unpaired) electrons. The summed E-state index contributed by atoms with van der Waals surface area (Å²) < 4.78 is 12.9. The van der Waals surface area contributed by atoms with E-state index in [4.69, 9.17) is 9.47 Å². The second-order valence-corrected chi connectivity index (χ2v) is 7.33. The highest BCUT2D eigenvalue weighted by atomic mass is 32.2. The summed E-state index contributed by atoms with van der Waals surface area (Å²) in [5, 5.41) is 7.08. The highest BCUT2D eigenvalue weighted by molar-refractivity contribution is 8.00. The number of hydrogen-bond acceptors (Lipinski definition) is 6. The van der Waals surface area contributed by atoms with Crippen LogP contribution in [0.4, 0.5) is 0 Å². The standard InChI is InChI=1S/C20H20N4O3S/c25-20(12-28-17-4-5-18-19(9-17)27-7-6-26-18)22-10-15-2-1-3-16(8-15)11-24-14-21-13-23-24/h1-5,8-9,13-14H,6-7,10-12H2,(H,22,25). The molecule has 0 atom stereocenters. The minimum atomic E-state index is -0.0124. The molecular formula is C20H20N4O3S. The number of benzene rings is 2. The van der Waals surface area contributed by atoms with Crippen LogP contribution in [0.15, 0.2) is 60.0 Å². The predicted molar refractivity (Wildman–Crippen MR) is 106 cm³/mol. The summed E-state index contributed by atoms with van der Waals surface area (Å²) >= 11 is 1.48. The molecule has 1 aliphatic heterocycles. The van der Waals surface area contributed by atoms with E-state index in [1.165, 1.54) is 18.1 Å². The van der Waals surface area contributed by atoms with Crippen LogP contribution in [0.5, 0.6) is 11.5 Å². The van der Waals surface area contributed by atoms with Crippen molar-refractivity contribution < 1.29 is 14.3 Å². The zero-order chi connectivity index (χ0) is 19.2. The molecule has 0 saturated carbocycles. The van der Waals surface area contributed by atoms with Gasteiger partial charge in [-0.3, -0.25) is 4.79 Å². The lowest BCUT2D eigenvalue weighted by molar-refractivity contribution is -0.118. The van der Waals surface area contributed by atoms with E-state index >= 15 is 0 Å². The maximum absolute atomic E-state index is 12.2. The zero-order valence-electron chi connectivity index (χ0n) is 15.2. The number of nitrogens with zero attached hydrogens (tertiary/aromatic N) is 3. The van der Waals surface area contributed by atoms with Gasteiger partial charge in [0.15, 0.2) is 11.5 Å². The molecule has 1 aromatic heterocycles. The molecule has 0 spiro atoms. The molecule has 1 aliphatic rings. The van der Waals surface area contributed by atoms with Gasteiger partial charge in [0.2, 0.25) is 5.91 Å². The lowest BCUT2D eigenvalue weighted by Gasteiger charge is -2.18. The van der Waals surface area contributed by atoms with E-state index in [1.54, 1.807) is 11.0 Å². The fourth-order valence-electron chi connectivity index (χ4n) is 2.85. The van der Waals surface area contributed by atoms with Crippen molar-refractivity contribution in [3.8, 4) is 11.5 Å². The average Bonchev–Trinajstić information content (AvgIpc) is 3.24. The molecule has 28 heavy (non-hydrogen) atoms. The molecule has 7 nitrogen and oxygen atoms in total. The summed E-state index contributed by atoms with van der Waals surface area (Å²) in [6.45, 7) is 2.27. The molecule has 144 valence electrons. The van der Waals surface area contributed by atoms with Crippen LogP contribution in [-0.2, 0) is 17.9 Å². The molecule has 0 unspecified atom stereocenters. The lowest BCUT2D eigenvalue weighted by atomic mass is 10.1. The third-order valence-electron chi connectivity index (χ3n) is 4.18. The van der Waals surface area contributed by atoms with Crippen LogP contribution >= 0.6 is 11.8 Å². The highest BCUT2D eigenvalue weighted by Crippen LogP contribution is 2.34. The molecule has 1 N–H and O–H groups in total. The maximum Gasteiger partial charge on any atom is 0.230 e. The van der Waals surface area contributed by atoms with Crippen LogP contribution in [0.3, 0.4) is 0 Å². The Morgan fingerprint density at radius 3 is 2.82 bits per heavy atom. The molecule has 4 rings (SSSR count). The quantitative estimate of drug-likeness (QED) is 0.619. The van der Waals surface area contributed by atoms with Gasteiger partial charge in [0.05, 0.1) is 12.3 Å². The topological polar surface area (TPSA) is 78.3 Å². The number of ether oxygens (including phenoxy) is 2. The van der Waals surface area contributed by atoms with E-state index in [-0.39, 0.29) is 5.91 Å². The fraction of sp³-hybridized carbons (Fsp3) is 0.250. The number of amides is 1. The van der Waals surface area contributed by atoms with Gasteiger partial charge >= 0.3 is 0 Å². The summed E-state index contributed by atoms with van der Waals surface area (Å²) in [5.41, 5.74) is 2.16. The summed E-state index contributed by atoms with van der Waals surface area (Å²) in [4.78, 5) is 17.1. The van der Waals surface area contributed by atoms with E-state index in [9.17, 15) is 4.79 Å². The van der Waals surface area contributed by atoms with E-state index in [1.807, 2.05) is 36.4 Å². The number of nitrogens with one attached hydrogen (secondary N) is 1. The van der Waals surface area contributed by atoms with Crippen LogP contribution in [0.1, 0.15) is 11.1 Å². The Bertz CT molecular complexity index is 946. The second-order valence-electron chi connectivity index (χ2n) is 6.28. The molecular weight excluding hydrogens is 376 g/mol. The van der Waals surface area contributed by atoms with Crippen LogP contribution in [0.25, 0.3) is 0 Å². The molecule has 0 saturated heterocycles. The van der Waals surface area contributed by atoms with Crippen LogP contribution in [0.2, 0.25) is 0 Å².